The molecule has 0 amide bonds. The van der Waals surface area contributed by atoms with Gasteiger partial charge in [-0.05, 0) is 31.7 Å². The molecule has 1 aromatic rings. The van der Waals surface area contributed by atoms with Crippen LogP contribution in [0.15, 0.2) is 6.07 Å². The van der Waals surface area contributed by atoms with Gasteiger partial charge in [0, 0.05) is 38.3 Å². The Morgan fingerprint density at radius 1 is 1.43 bits per heavy atom. The van der Waals surface area contributed by atoms with E-state index in [2.05, 4.69) is 70.0 Å². The first kappa shape index (κ1) is 16.5. The predicted octanol–water partition coefficient (Wildman–Crippen LogP) is 2.72. The molecule has 1 aliphatic heterocycles. The maximum absolute atomic E-state index is 4.49. The fourth-order valence-electron chi connectivity index (χ4n) is 3.15. The molecule has 1 aromatic heterocycles. The summed E-state index contributed by atoms with van der Waals surface area (Å²) in [5.74, 6) is 0. The Morgan fingerprint density at radius 3 is 2.57 bits per heavy atom. The highest BCUT2D eigenvalue weighted by atomic mass is 15.3. The van der Waals surface area contributed by atoms with Gasteiger partial charge < -0.3 is 5.32 Å². The van der Waals surface area contributed by atoms with Crippen LogP contribution in [0.4, 0.5) is 0 Å². The lowest BCUT2D eigenvalue weighted by Crippen LogP contribution is -2.65. The van der Waals surface area contributed by atoms with Crippen molar-refractivity contribution >= 4 is 0 Å². The average molecular weight is 292 g/mol. The average Bonchev–Trinajstić information content (AvgIpc) is 2.69. The van der Waals surface area contributed by atoms with Crippen LogP contribution in [0.2, 0.25) is 0 Å². The summed E-state index contributed by atoms with van der Waals surface area (Å²) in [6.45, 7) is 16.8. The minimum atomic E-state index is 0.222. The summed E-state index contributed by atoms with van der Waals surface area (Å²) in [6, 6.07) is 2.75. The Balaban J connectivity index is 2.20. The van der Waals surface area contributed by atoms with Gasteiger partial charge in [-0.15, -0.1) is 0 Å². The minimum Gasteiger partial charge on any atom is -0.310 e. The van der Waals surface area contributed by atoms with E-state index in [9.17, 15) is 0 Å². The van der Waals surface area contributed by atoms with E-state index >= 15 is 0 Å². The zero-order valence-electron chi connectivity index (χ0n) is 14.8. The highest BCUT2D eigenvalue weighted by Crippen LogP contribution is 2.30. The van der Waals surface area contributed by atoms with Crippen LogP contribution in [0.3, 0.4) is 0 Å². The zero-order valence-corrected chi connectivity index (χ0v) is 14.8. The molecule has 0 saturated carbocycles. The van der Waals surface area contributed by atoms with Crippen LogP contribution in [0.25, 0.3) is 0 Å². The molecule has 21 heavy (non-hydrogen) atoms. The number of piperazine rings is 1. The molecule has 4 nitrogen and oxygen atoms in total. The molecule has 1 saturated heterocycles. The number of hydrogen-bond donors (Lipinski definition) is 1. The highest BCUT2D eigenvalue weighted by molar-refractivity contribution is 5.10. The number of aryl methyl sites for hydroxylation is 2. The second-order valence-electron chi connectivity index (χ2n) is 7.93. The number of rotatable bonds is 3. The number of aromatic nitrogens is 2. The first-order valence-electron chi connectivity index (χ1n) is 8.13. The van der Waals surface area contributed by atoms with Crippen LogP contribution in [-0.2, 0) is 13.6 Å². The molecule has 1 fully saturated rings. The molecule has 0 bridgehead atoms. The Morgan fingerprint density at radius 2 is 2.10 bits per heavy atom. The molecule has 2 atom stereocenters. The van der Waals surface area contributed by atoms with Crippen molar-refractivity contribution < 1.29 is 0 Å². The smallest absolute Gasteiger partial charge is 0.0597 e. The van der Waals surface area contributed by atoms with Gasteiger partial charge in [0.25, 0.3) is 0 Å². The van der Waals surface area contributed by atoms with Gasteiger partial charge >= 0.3 is 0 Å². The van der Waals surface area contributed by atoms with Crippen LogP contribution in [0, 0.1) is 12.3 Å². The lowest BCUT2D eigenvalue weighted by molar-refractivity contribution is 0.0141. The van der Waals surface area contributed by atoms with E-state index < -0.39 is 0 Å². The third-order valence-electron chi connectivity index (χ3n) is 5.15. The monoisotopic (exact) mass is 292 g/mol. The number of nitrogens with one attached hydrogen (secondary N) is 1. The van der Waals surface area contributed by atoms with E-state index in [-0.39, 0.29) is 11.0 Å². The van der Waals surface area contributed by atoms with Gasteiger partial charge in [0.1, 0.15) is 0 Å². The van der Waals surface area contributed by atoms with Crippen molar-refractivity contribution in [1.29, 1.82) is 0 Å². The molecule has 2 rings (SSSR count). The lowest BCUT2D eigenvalue weighted by atomic mass is 9.81. The van der Waals surface area contributed by atoms with Gasteiger partial charge in [-0.2, -0.15) is 5.10 Å². The predicted molar refractivity (Wildman–Crippen MR) is 88.3 cm³/mol. The summed E-state index contributed by atoms with van der Waals surface area (Å²) < 4.78 is 2.03. The van der Waals surface area contributed by atoms with Crippen molar-refractivity contribution in [1.82, 2.24) is 20.0 Å². The highest BCUT2D eigenvalue weighted by Gasteiger charge is 2.40. The van der Waals surface area contributed by atoms with Crippen LogP contribution < -0.4 is 5.32 Å². The Hall–Kier alpha value is -0.870. The Kier molecular flexibility index (Phi) is 4.50. The lowest BCUT2D eigenvalue weighted by Gasteiger charge is -2.51. The van der Waals surface area contributed by atoms with E-state index in [0.29, 0.717) is 6.04 Å². The van der Waals surface area contributed by atoms with Crippen LogP contribution >= 0.6 is 0 Å². The summed E-state index contributed by atoms with van der Waals surface area (Å²) in [5, 5.41) is 8.26. The molecule has 0 spiro atoms. The second kappa shape index (κ2) is 5.73. The summed E-state index contributed by atoms with van der Waals surface area (Å²) in [7, 11) is 2.05. The number of nitrogens with zero attached hydrogens (tertiary/aromatic N) is 3. The van der Waals surface area contributed by atoms with Crippen molar-refractivity contribution in [2.75, 3.05) is 13.1 Å². The molecule has 0 aromatic carbocycles. The second-order valence-corrected chi connectivity index (χ2v) is 7.93. The first-order valence-corrected chi connectivity index (χ1v) is 8.13. The van der Waals surface area contributed by atoms with Gasteiger partial charge in [0.15, 0.2) is 0 Å². The fourth-order valence-corrected chi connectivity index (χ4v) is 3.15. The van der Waals surface area contributed by atoms with E-state index in [1.54, 1.807) is 0 Å². The Bertz CT molecular complexity index is 485. The molecular weight excluding hydrogens is 260 g/mol. The van der Waals surface area contributed by atoms with Gasteiger partial charge in [-0.1, -0.05) is 27.7 Å². The minimum absolute atomic E-state index is 0.222. The third-order valence-corrected chi connectivity index (χ3v) is 5.15. The Labute approximate surface area is 129 Å². The quantitative estimate of drug-likeness (QED) is 0.930. The molecule has 1 N–H and O–H groups in total. The first-order chi connectivity index (χ1) is 9.65. The summed E-state index contributed by atoms with van der Waals surface area (Å²) >= 11 is 0. The van der Waals surface area contributed by atoms with Crippen molar-refractivity contribution in [2.24, 2.45) is 12.5 Å². The van der Waals surface area contributed by atoms with E-state index in [4.69, 9.17) is 0 Å². The molecule has 2 unspecified atom stereocenters. The molecule has 4 heteroatoms. The van der Waals surface area contributed by atoms with Gasteiger partial charge in [0.2, 0.25) is 0 Å². The van der Waals surface area contributed by atoms with Gasteiger partial charge in [-0.25, -0.2) is 0 Å². The van der Waals surface area contributed by atoms with Crippen molar-refractivity contribution in [2.45, 2.75) is 66.1 Å². The third kappa shape index (κ3) is 3.49. The SMILES string of the molecule is CCC1(C)CNC(C(C)(C)C)CN1Cc1cc(C)nn1C. The van der Waals surface area contributed by atoms with E-state index in [1.165, 1.54) is 5.69 Å². The molecule has 0 radical (unpaired) electrons. The topological polar surface area (TPSA) is 33.1 Å². The molecule has 0 aliphatic carbocycles. The largest absolute Gasteiger partial charge is 0.310 e. The fraction of sp³-hybridized carbons (Fsp3) is 0.824. The van der Waals surface area contributed by atoms with Crippen LogP contribution in [0.1, 0.15) is 52.4 Å². The maximum atomic E-state index is 4.49. The van der Waals surface area contributed by atoms with Gasteiger partial charge in [-0.3, -0.25) is 9.58 Å². The van der Waals surface area contributed by atoms with Crippen molar-refractivity contribution in [3.05, 3.63) is 17.5 Å². The number of hydrogen-bond acceptors (Lipinski definition) is 3. The van der Waals surface area contributed by atoms with Crippen molar-refractivity contribution in [3.8, 4) is 0 Å². The molecular formula is C17H32N4. The van der Waals surface area contributed by atoms with Crippen LogP contribution in [0.5, 0.6) is 0 Å². The maximum Gasteiger partial charge on any atom is 0.0597 e. The normalized spacial score (nSPS) is 28.0. The summed E-state index contributed by atoms with van der Waals surface area (Å²) in [4.78, 5) is 2.65. The van der Waals surface area contributed by atoms with Gasteiger partial charge in [0.05, 0.1) is 11.4 Å². The van der Waals surface area contributed by atoms with Crippen LogP contribution in [-0.4, -0.2) is 39.4 Å². The molecule has 1 aliphatic rings. The molecule has 120 valence electrons. The molecule has 2 heterocycles. The van der Waals surface area contributed by atoms with E-state index in [0.717, 1.165) is 31.7 Å². The summed E-state index contributed by atoms with van der Waals surface area (Å²) in [5.41, 5.74) is 2.92. The van der Waals surface area contributed by atoms with Crippen molar-refractivity contribution in [3.63, 3.8) is 0 Å². The summed E-state index contributed by atoms with van der Waals surface area (Å²) in [6.07, 6.45) is 1.16. The standard InChI is InChI=1S/C17H32N4/c1-8-17(6)12-18-15(16(3,4)5)11-21(17)10-14-9-13(2)19-20(14)7/h9,15,18H,8,10-12H2,1-7H3. The van der Waals surface area contributed by atoms with E-state index in [1.807, 2.05) is 4.68 Å². The zero-order chi connectivity index (χ0) is 15.8.